The minimum atomic E-state index is 0.0283. The van der Waals surface area contributed by atoms with Gasteiger partial charge >= 0.3 is 0 Å². The van der Waals surface area contributed by atoms with E-state index in [0.717, 1.165) is 19.3 Å². The first-order chi connectivity index (χ1) is 7.22. The number of nitrogens with zero attached hydrogens (tertiary/aromatic N) is 1. The van der Waals surface area contributed by atoms with Crippen LogP contribution in [0.1, 0.15) is 33.1 Å². The SMILES string of the molecule is C=CN(CC=CCCC=CCC)C(C)=O. The first-order valence-corrected chi connectivity index (χ1v) is 5.42. The van der Waals surface area contributed by atoms with Gasteiger partial charge in [-0.1, -0.05) is 37.8 Å². The van der Waals surface area contributed by atoms with Crippen molar-refractivity contribution in [3.63, 3.8) is 0 Å². The molecule has 0 aliphatic heterocycles. The monoisotopic (exact) mass is 207 g/mol. The standard InChI is InChI=1S/C13H21NO/c1-4-6-7-8-9-10-11-12-14(5-2)13(3)15/h5-7,10-11H,2,4,8-9,12H2,1,3H3. The Balaban J connectivity index is 3.65. The topological polar surface area (TPSA) is 20.3 Å². The van der Waals surface area contributed by atoms with E-state index in [1.807, 2.05) is 6.08 Å². The molecule has 0 heterocycles. The molecular weight excluding hydrogens is 186 g/mol. The normalized spacial score (nSPS) is 11.1. The lowest BCUT2D eigenvalue weighted by Crippen LogP contribution is -2.22. The molecule has 15 heavy (non-hydrogen) atoms. The van der Waals surface area contributed by atoms with Crippen molar-refractivity contribution in [2.75, 3.05) is 6.54 Å². The number of allylic oxidation sites excluding steroid dienone is 3. The van der Waals surface area contributed by atoms with Gasteiger partial charge in [0.05, 0.1) is 0 Å². The lowest BCUT2D eigenvalue weighted by molar-refractivity contribution is -0.125. The zero-order chi connectivity index (χ0) is 11.5. The Kier molecular flexibility index (Phi) is 8.44. The third-order valence-electron chi connectivity index (χ3n) is 2.00. The van der Waals surface area contributed by atoms with Crippen LogP contribution in [0.15, 0.2) is 37.1 Å². The van der Waals surface area contributed by atoms with Crippen molar-refractivity contribution < 1.29 is 4.79 Å². The molecule has 0 fully saturated rings. The second-order valence-electron chi connectivity index (χ2n) is 3.28. The summed E-state index contributed by atoms with van der Waals surface area (Å²) in [5.74, 6) is 0.0283. The van der Waals surface area contributed by atoms with Gasteiger partial charge in [0.15, 0.2) is 0 Å². The van der Waals surface area contributed by atoms with E-state index < -0.39 is 0 Å². The molecule has 2 heteroatoms. The molecule has 0 aromatic carbocycles. The van der Waals surface area contributed by atoms with Crippen LogP contribution in [0, 0.1) is 0 Å². The van der Waals surface area contributed by atoms with Gasteiger partial charge in [-0.15, -0.1) is 0 Å². The second kappa shape index (κ2) is 9.25. The highest BCUT2D eigenvalue weighted by Crippen LogP contribution is 1.96. The Hall–Kier alpha value is -1.31. The molecular formula is C13H21NO. The summed E-state index contributed by atoms with van der Waals surface area (Å²) in [5, 5.41) is 0. The predicted octanol–water partition coefficient (Wildman–Crippen LogP) is 3.28. The Morgan fingerprint density at radius 3 is 2.27 bits per heavy atom. The second-order valence-corrected chi connectivity index (χ2v) is 3.28. The zero-order valence-corrected chi connectivity index (χ0v) is 9.78. The summed E-state index contributed by atoms with van der Waals surface area (Å²) in [6.07, 6.45) is 13.2. The molecule has 0 aliphatic rings. The molecule has 0 N–H and O–H groups in total. The van der Waals surface area contributed by atoms with Crippen molar-refractivity contribution in [3.05, 3.63) is 37.1 Å². The van der Waals surface area contributed by atoms with Gasteiger partial charge in [0.1, 0.15) is 0 Å². The third kappa shape index (κ3) is 7.74. The highest BCUT2D eigenvalue weighted by Gasteiger charge is 1.99. The molecule has 0 saturated carbocycles. The zero-order valence-electron chi connectivity index (χ0n) is 9.78. The minimum Gasteiger partial charge on any atom is -0.316 e. The molecule has 2 nitrogen and oxygen atoms in total. The summed E-state index contributed by atoms with van der Waals surface area (Å²) in [7, 11) is 0. The van der Waals surface area contributed by atoms with Crippen LogP contribution in [-0.4, -0.2) is 17.4 Å². The molecule has 0 aromatic rings. The highest BCUT2D eigenvalue weighted by atomic mass is 16.2. The molecule has 0 atom stereocenters. The van der Waals surface area contributed by atoms with Crippen molar-refractivity contribution in [2.45, 2.75) is 33.1 Å². The fourth-order valence-electron chi connectivity index (χ4n) is 1.11. The Morgan fingerprint density at radius 2 is 1.80 bits per heavy atom. The molecule has 0 spiro atoms. The molecule has 0 radical (unpaired) electrons. The van der Waals surface area contributed by atoms with Crippen LogP contribution in [-0.2, 0) is 4.79 Å². The van der Waals surface area contributed by atoms with Gasteiger partial charge in [0, 0.05) is 13.5 Å². The molecule has 0 rings (SSSR count). The number of hydrogen-bond donors (Lipinski definition) is 0. The molecule has 1 amide bonds. The van der Waals surface area contributed by atoms with E-state index in [-0.39, 0.29) is 5.91 Å². The number of rotatable bonds is 7. The Bertz CT molecular complexity index is 241. The fraction of sp³-hybridized carbons (Fsp3) is 0.462. The van der Waals surface area contributed by atoms with Crippen LogP contribution in [0.4, 0.5) is 0 Å². The fourth-order valence-corrected chi connectivity index (χ4v) is 1.11. The van der Waals surface area contributed by atoms with Gasteiger partial charge in [-0.3, -0.25) is 4.79 Å². The van der Waals surface area contributed by atoms with E-state index in [9.17, 15) is 4.79 Å². The van der Waals surface area contributed by atoms with Crippen LogP contribution in [0.5, 0.6) is 0 Å². The predicted molar refractivity (Wildman–Crippen MR) is 65.4 cm³/mol. The summed E-state index contributed by atoms with van der Waals surface area (Å²) >= 11 is 0. The van der Waals surface area contributed by atoms with E-state index in [2.05, 4.69) is 31.7 Å². The Labute approximate surface area is 93.0 Å². The lowest BCUT2D eigenvalue weighted by atomic mass is 10.2. The Morgan fingerprint density at radius 1 is 1.20 bits per heavy atom. The maximum absolute atomic E-state index is 11.0. The van der Waals surface area contributed by atoms with Crippen molar-refractivity contribution in [1.82, 2.24) is 4.90 Å². The van der Waals surface area contributed by atoms with Crippen molar-refractivity contribution in [1.29, 1.82) is 0 Å². The summed E-state index contributed by atoms with van der Waals surface area (Å²) in [6.45, 7) is 7.87. The summed E-state index contributed by atoms with van der Waals surface area (Å²) in [6, 6.07) is 0. The molecule has 0 saturated heterocycles. The molecule has 0 bridgehead atoms. The summed E-state index contributed by atoms with van der Waals surface area (Å²) < 4.78 is 0. The largest absolute Gasteiger partial charge is 0.316 e. The molecule has 0 aliphatic carbocycles. The van der Waals surface area contributed by atoms with Crippen molar-refractivity contribution >= 4 is 5.91 Å². The van der Waals surface area contributed by atoms with Crippen molar-refractivity contribution in [3.8, 4) is 0 Å². The van der Waals surface area contributed by atoms with Crippen molar-refractivity contribution in [2.24, 2.45) is 0 Å². The van der Waals surface area contributed by atoms with Crippen LogP contribution in [0.3, 0.4) is 0 Å². The first kappa shape index (κ1) is 13.7. The van der Waals surface area contributed by atoms with Gasteiger partial charge in [0.2, 0.25) is 5.91 Å². The third-order valence-corrected chi connectivity index (χ3v) is 2.00. The maximum Gasteiger partial charge on any atom is 0.223 e. The highest BCUT2D eigenvalue weighted by molar-refractivity contribution is 5.74. The van der Waals surface area contributed by atoms with Gasteiger partial charge < -0.3 is 4.90 Å². The van der Waals surface area contributed by atoms with E-state index >= 15 is 0 Å². The number of carbonyl (C=O) groups excluding carboxylic acids is 1. The molecule has 0 unspecified atom stereocenters. The van der Waals surface area contributed by atoms with E-state index in [1.54, 1.807) is 18.0 Å². The van der Waals surface area contributed by atoms with Crippen LogP contribution < -0.4 is 0 Å². The van der Waals surface area contributed by atoms with Gasteiger partial charge in [-0.25, -0.2) is 0 Å². The van der Waals surface area contributed by atoms with Gasteiger partial charge in [-0.2, -0.15) is 0 Å². The van der Waals surface area contributed by atoms with Gasteiger partial charge in [0.25, 0.3) is 0 Å². The van der Waals surface area contributed by atoms with Crippen LogP contribution in [0.2, 0.25) is 0 Å². The molecule has 0 aromatic heterocycles. The number of unbranched alkanes of at least 4 members (excludes halogenated alkanes) is 1. The van der Waals surface area contributed by atoms with Gasteiger partial charge in [-0.05, 0) is 25.5 Å². The minimum absolute atomic E-state index is 0.0283. The van der Waals surface area contributed by atoms with Crippen LogP contribution >= 0.6 is 0 Å². The quantitative estimate of drug-likeness (QED) is 0.463. The number of amides is 1. The van der Waals surface area contributed by atoms with Crippen LogP contribution in [0.25, 0.3) is 0 Å². The smallest absolute Gasteiger partial charge is 0.223 e. The lowest BCUT2D eigenvalue weighted by Gasteiger charge is -2.12. The average molecular weight is 207 g/mol. The molecule has 84 valence electrons. The summed E-state index contributed by atoms with van der Waals surface area (Å²) in [4.78, 5) is 12.6. The first-order valence-electron chi connectivity index (χ1n) is 5.42. The maximum atomic E-state index is 11.0. The summed E-state index contributed by atoms with van der Waals surface area (Å²) in [5.41, 5.74) is 0. The van der Waals surface area contributed by atoms with E-state index in [0.29, 0.717) is 6.54 Å². The average Bonchev–Trinajstić information content (AvgIpc) is 2.21. The number of hydrogen-bond acceptors (Lipinski definition) is 1. The van der Waals surface area contributed by atoms with E-state index in [1.165, 1.54) is 0 Å². The van der Waals surface area contributed by atoms with E-state index in [4.69, 9.17) is 0 Å². The number of carbonyl (C=O) groups is 1.